The van der Waals surface area contributed by atoms with Crippen molar-refractivity contribution in [2.75, 3.05) is 13.1 Å². The number of nitrogens with zero attached hydrogens (tertiary/aromatic N) is 3. The molecule has 1 spiro atoms. The molecule has 2 heterocycles. The molecule has 4 rings (SSSR count). The van der Waals surface area contributed by atoms with Crippen molar-refractivity contribution in [2.24, 2.45) is 15.8 Å². The molecule has 0 aliphatic carbocycles. The first-order valence-corrected chi connectivity index (χ1v) is 14.8. The van der Waals surface area contributed by atoms with Gasteiger partial charge in [-0.1, -0.05) is 76.9 Å². The Bertz CT molecular complexity index is 1340. The maximum atomic E-state index is 14.4. The summed E-state index contributed by atoms with van der Waals surface area (Å²) < 4.78 is 0. The molecule has 41 heavy (non-hydrogen) atoms. The van der Waals surface area contributed by atoms with Crippen LogP contribution in [0, 0.1) is 10.8 Å². The summed E-state index contributed by atoms with van der Waals surface area (Å²) in [5.41, 5.74) is 0.506. The lowest BCUT2D eigenvalue weighted by atomic mass is 9.84. The predicted molar refractivity (Wildman–Crippen MR) is 163 cm³/mol. The van der Waals surface area contributed by atoms with Crippen molar-refractivity contribution in [1.29, 1.82) is 0 Å². The van der Waals surface area contributed by atoms with Crippen molar-refractivity contribution >= 4 is 46.7 Å². The lowest BCUT2D eigenvalue weighted by molar-refractivity contribution is -0.144. The van der Waals surface area contributed by atoms with E-state index in [0.29, 0.717) is 53.7 Å². The third-order valence-corrected chi connectivity index (χ3v) is 8.28. The van der Waals surface area contributed by atoms with Crippen LogP contribution in [-0.4, -0.2) is 57.2 Å². The zero-order valence-corrected chi connectivity index (χ0v) is 26.1. The summed E-state index contributed by atoms with van der Waals surface area (Å²) >= 11 is 12.7. The van der Waals surface area contributed by atoms with E-state index >= 15 is 0 Å². The number of piperidine rings is 1. The molecule has 2 aliphatic rings. The largest absolute Gasteiger partial charge is 0.478 e. The summed E-state index contributed by atoms with van der Waals surface area (Å²) in [5, 5.41) is 10.3. The van der Waals surface area contributed by atoms with Crippen molar-refractivity contribution in [3.8, 4) is 0 Å². The van der Waals surface area contributed by atoms with E-state index in [1.807, 2.05) is 30.6 Å². The Morgan fingerprint density at radius 2 is 1.54 bits per heavy atom. The van der Waals surface area contributed by atoms with Crippen LogP contribution >= 0.6 is 23.2 Å². The average molecular weight is 601 g/mol. The van der Waals surface area contributed by atoms with Gasteiger partial charge in [0.25, 0.3) is 5.91 Å². The minimum absolute atomic E-state index is 0.00184. The highest BCUT2D eigenvalue weighted by Gasteiger charge is 2.52. The molecule has 0 saturated carbocycles. The molecule has 2 aliphatic heterocycles. The molecule has 1 fully saturated rings. The summed E-state index contributed by atoms with van der Waals surface area (Å²) in [6, 6.07) is 11.4. The Kier molecular flexibility index (Phi) is 8.64. The van der Waals surface area contributed by atoms with E-state index in [1.54, 1.807) is 42.5 Å². The van der Waals surface area contributed by atoms with Crippen LogP contribution in [0.5, 0.6) is 0 Å². The quantitative estimate of drug-likeness (QED) is 0.378. The number of aliphatic imine (C=N–C) groups is 1. The van der Waals surface area contributed by atoms with Gasteiger partial charge in [0.15, 0.2) is 0 Å². The molecule has 0 bridgehead atoms. The normalized spacial score (nSPS) is 18.0. The molecule has 220 valence electrons. The molecule has 2 amide bonds. The molecule has 1 saturated heterocycles. The maximum Gasteiger partial charge on any atom is 0.335 e. The number of aromatic carboxylic acids is 1. The SMILES string of the molecule is CC(C)(C)CC[C@H](c1ccc(C(=O)O)cc1)N1C(=O)C(c2cc(Cl)cc(Cl)c2)=NC12CCN(C(=O)C(C)(C)C)CC2. The second kappa shape index (κ2) is 11.4. The van der Waals surface area contributed by atoms with Gasteiger partial charge < -0.3 is 14.9 Å². The van der Waals surface area contributed by atoms with E-state index in [9.17, 15) is 19.5 Å². The number of carbonyl (C=O) groups excluding carboxylic acids is 2. The number of carbonyl (C=O) groups is 3. The number of hydrogen-bond donors (Lipinski definition) is 1. The number of halogens is 2. The number of benzene rings is 2. The van der Waals surface area contributed by atoms with Crippen LogP contribution in [0.15, 0.2) is 47.5 Å². The van der Waals surface area contributed by atoms with Crippen molar-refractivity contribution in [3.05, 3.63) is 69.2 Å². The van der Waals surface area contributed by atoms with Gasteiger partial charge in [-0.15, -0.1) is 0 Å². The second-order valence-corrected chi connectivity index (χ2v) is 14.2. The van der Waals surface area contributed by atoms with Gasteiger partial charge >= 0.3 is 5.97 Å². The van der Waals surface area contributed by atoms with E-state index in [0.717, 1.165) is 12.0 Å². The summed E-state index contributed by atoms with van der Waals surface area (Å²) in [4.78, 5) is 48.0. The van der Waals surface area contributed by atoms with Crippen LogP contribution in [0.25, 0.3) is 0 Å². The van der Waals surface area contributed by atoms with Gasteiger partial charge in [-0.25, -0.2) is 4.79 Å². The van der Waals surface area contributed by atoms with Crippen molar-refractivity contribution in [3.63, 3.8) is 0 Å². The minimum atomic E-state index is -1.00. The molecule has 0 unspecified atom stereocenters. The third kappa shape index (κ3) is 6.78. The molecule has 0 aromatic heterocycles. The average Bonchev–Trinajstić information content (AvgIpc) is 3.14. The fourth-order valence-electron chi connectivity index (χ4n) is 5.68. The van der Waals surface area contributed by atoms with Crippen LogP contribution in [0.1, 0.15) is 94.8 Å². The van der Waals surface area contributed by atoms with Gasteiger partial charge in [0.05, 0.1) is 11.6 Å². The van der Waals surface area contributed by atoms with Crippen molar-refractivity contribution < 1.29 is 19.5 Å². The molecule has 1 atom stereocenters. The van der Waals surface area contributed by atoms with Crippen LogP contribution in [0.2, 0.25) is 10.0 Å². The van der Waals surface area contributed by atoms with E-state index in [-0.39, 0.29) is 28.8 Å². The molecular formula is C32H39Cl2N3O4. The smallest absolute Gasteiger partial charge is 0.335 e. The van der Waals surface area contributed by atoms with Gasteiger partial charge in [0, 0.05) is 47.0 Å². The first kappa shape index (κ1) is 31.0. The highest BCUT2D eigenvalue weighted by atomic mass is 35.5. The summed E-state index contributed by atoms with van der Waals surface area (Å²) in [7, 11) is 0. The standard InChI is InChI=1S/C32H39Cl2N3O4/c1-30(2,3)12-11-25(20-7-9-21(10-8-20)28(39)40)37-27(38)26(22-17-23(33)19-24(34)18-22)35-32(37)13-15-36(16-14-32)29(41)31(4,5)6/h7-10,17-19,25H,11-16H2,1-6H3,(H,39,40)/t25-/m1/s1. The van der Waals surface area contributed by atoms with Gasteiger partial charge in [-0.05, 0) is 54.2 Å². The van der Waals surface area contributed by atoms with E-state index in [4.69, 9.17) is 28.2 Å². The Morgan fingerprint density at radius 1 is 0.976 bits per heavy atom. The Hall–Kier alpha value is -2.90. The van der Waals surface area contributed by atoms with Gasteiger partial charge in [-0.3, -0.25) is 14.6 Å². The Balaban J connectivity index is 1.81. The number of amides is 2. The Morgan fingerprint density at radius 3 is 2.02 bits per heavy atom. The van der Waals surface area contributed by atoms with Crippen LogP contribution < -0.4 is 0 Å². The minimum Gasteiger partial charge on any atom is -0.478 e. The summed E-state index contributed by atoms with van der Waals surface area (Å²) in [6.45, 7) is 13.1. The monoisotopic (exact) mass is 599 g/mol. The highest BCUT2D eigenvalue weighted by molar-refractivity contribution is 6.47. The van der Waals surface area contributed by atoms with E-state index in [2.05, 4.69) is 20.8 Å². The molecule has 1 N–H and O–H groups in total. The first-order chi connectivity index (χ1) is 19.0. The van der Waals surface area contributed by atoms with Crippen LogP contribution in [-0.2, 0) is 9.59 Å². The van der Waals surface area contributed by atoms with Crippen LogP contribution in [0.3, 0.4) is 0 Å². The number of hydrogen-bond acceptors (Lipinski definition) is 4. The predicted octanol–water partition coefficient (Wildman–Crippen LogP) is 7.26. The van der Waals surface area contributed by atoms with E-state index in [1.165, 1.54) is 0 Å². The third-order valence-electron chi connectivity index (χ3n) is 7.84. The molecule has 2 aromatic rings. The van der Waals surface area contributed by atoms with Crippen LogP contribution in [0.4, 0.5) is 0 Å². The molecular weight excluding hydrogens is 561 g/mol. The second-order valence-electron chi connectivity index (χ2n) is 13.4. The maximum absolute atomic E-state index is 14.4. The first-order valence-electron chi connectivity index (χ1n) is 14.0. The molecule has 2 aromatic carbocycles. The van der Waals surface area contributed by atoms with Gasteiger partial charge in [0.1, 0.15) is 11.4 Å². The summed E-state index contributed by atoms with van der Waals surface area (Å²) in [5.74, 6) is -1.15. The van der Waals surface area contributed by atoms with Crippen molar-refractivity contribution in [2.45, 2.75) is 78.9 Å². The molecule has 9 heteroatoms. The Labute approximate surface area is 252 Å². The zero-order valence-electron chi connectivity index (χ0n) is 24.6. The van der Waals surface area contributed by atoms with E-state index < -0.39 is 17.0 Å². The molecule has 0 radical (unpaired) electrons. The van der Waals surface area contributed by atoms with Gasteiger partial charge in [0.2, 0.25) is 5.91 Å². The fourth-order valence-corrected chi connectivity index (χ4v) is 6.21. The topological polar surface area (TPSA) is 90.3 Å². The number of carboxylic acids is 1. The number of rotatable bonds is 6. The lowest BCUT2D eigenvalue weighted by Crippen LogP contribution is -2.56. The lowest BCUT2D eigenvalue weighted by Gasteiger charge is -2.47. The van der Waals surface area contributed by atoms with Crippen molar-refractivity contribution in [1.82, 2.24) is 9.80 Å². The number of carboxylic acid groups (broad SMARTS) is 1. The zero-order chi connectivity index (χ0) is 30.3. The summed E-state index contributed by atoms with van der Waals surface area (Å²) in [6.07, 6.45) is 2.45. The fraction of sp³-hybridized carbons (Fsp3) is 0.500. The highest BCUT2D eigenvalue weighted by Crippen LogP contribution is 2.45. The number of likely N-dealkylation sites (tertiary alicyclic amines) is 1. The van der Waals surface area contributed by atoms with Gasteiger partial charge in [-0.2, -0.15) is 0 Å². The molecule has 7 nitrogen and oxygen atoms in total.